The number of carbonyl (C=O) groups excluding carboxylic acids is 1. The molecule has 0 saturated carbocycles. The molecule has 2 aromatic rings. The second-order valence-corrected chi connectivity index (χ2v) is 6.24. The van der Waals surface area contributed by atoms with Crippen LogP contribution in [0.25, 0.3) is 6.08 Å². The number of hydrogen-bond acceptors (Lipinski definition) is 4. The molecule has 1 aliphatic rings. The highest BCUT2D eigenvalue weighted by molar-refractivity contribution is 9.10. The Hall–Kier alpha value is -2.40. The summed E-state index contributed by atoms with van der Waals surface area (Å²) >= 11 is 3.38. The number of benzene rings is 2. The van der Waals surface area contributed by atoms with Crippen LogP contribution in [0.3, 0.4) is 0 Å². The Morgan fingerprint density at radius 3 is 2.46 bits per heavy atom. The quantitative estimate of drug-likeness (QED) is 0.566. The van der Waals surface area contributed by atoms with E-state index >= 15 is 0 Å². The van der Waals surface area contributed by atoms with E-state index in [0.717, 1.165) is 27.8 Å². The molecule has 0 unspecified atom stereocenters. The summed E-state index contributed by atoms with van der Waals surface area (Å²) in [5.74, 6) is 0.880. The zero-order valence-electron chi connectivity index (χ0n) is 13.2. The SMILES string of the molecule is COc1ccc(CCC2=N/C(=C/c3ccc(Br)cc3)C(=O)O2)cc1. The summed E-state index contributed by atoms with van der Waals surface area (Å²) < 4.78 is 11.4. The molecule has 2 aromatic carbocycles. The van der Waals surface area contributed by atoms with Crippen LogP contribution in [-0.4, -0.2) is 19.0 Å². The Morgan fingerprint density at radius 2 is 1.79 bits per heavy atom. The minimum atomic E-state index is -0.400. The number of hydrogen-bond donors (Lipinski definition) is 0. The van der Waals surface area contributed by atoms with E-state index in [0.29, 0.717) is 18.0 Å². The van der Waals surface area contributed by atoms with Crippen LogP contribution in [0.15, 0.2) is 63.7 Å². The Labute approximate surface area is 148 Å². The normalized spacial score (nSPS) is 15.3. The molecular formula is C19H16BrNO3. The van der Waals surface area contributed by atoms with Gasteiger partial charge in [0, 0.05) is 10.9 Å². The van der Waals surface area contributed by atoms with Gasteiger partial charge in [0.1, 0.15) is 5.75 Å². The highest BCUT2D eigenvalue weighted by atomic mass is 79.9. The number of aliphatic imine (C=N–C) groups is 1. The predicted octanol–water partition coefficient (Wildman–Crippen LogP) is 4.39. The molecule has 1 heterocycles. The first-order chi connectivity index (χ1) is 11.6. The first-order valence-corrected chi connectivity index (χ1v) is 8.33. The standard InChI is InChI=1S/C19H16BrNO3/c1-23-16-9-4-13(5-10-16)6-11-18-21-17(19(22)24-18)12-14-2-7-15(20)8-3-14/h2-5,7-10,12H,6,11H2,1H3/b17-12+. The molecule has 3 rings (SSSR count). The highest BCUT2D eigenvalue weighted by Gasteiger charge is 2.22. The van der Waals surface area contributed by atoms with Crippen LogP contribution in [0.4, 0.5) is 0 Å². The average molecular weight is 386 g/mol. The fourth-order valence-electron chi connectivity index (χ4n) is 2.32. The topological polar surface area (TPSA) is 47.9 Å². The van der Waals surface area contributed by atoms with Gasteiger partial charge in [-0.1, -0.05) is 40.2 Å². The van der Waals surface area contributed by atoms with E-state index in [9.17, 15) is 4.79 Å². The third-order valence-electron chi connectivity index (χ3n) is 3.62. The number of halogens is 1. The van der Waals surface area contributed by atoms with Gasteiger partial charge < -0.3 is 9.47 Å². The van der Waals surface area contributed by atoms with Crippen molar-refractivity contribution in [3.8, 4) is 5.75 Å². The zero-order valence-corrected chi connectivity index (χ0v) is 14.7. The van der Waals surface area contributed by atoms with E-state index in [1.807, 2.05) is 48.5 Å². The fourth-order valence-corrected chi connectivity index (χ4v) is 2.58. The van der Waals surface area contributed by atoms with Gasteiger partial charge in [-0.3, -0.25) is 0 Å². The molecule has 24 heavy (non-hydrogen) atoms. The number of ether oxygens (including phenoxy) is 2. The van der Waals surface area contributed by atoms with Crippen molar-refractivity contribution < 1.29 is 14.3 Å². The minimum Gasteiger partial charge on any atom is -0.497 e. The molecule has 5 heteroatoms. The molecule has 0 N–H and O–H groups in total. The molecule has 0 aliphatic carbocycles. The van der Waals surface area contributed by atoms with Gasteiger partial charge >= 0.3 is 5.97 Å². The molecule has 122 valence electrons. The van der Waals surface area contributed by atoms with Crippen molar-refractivity contribution in [2.45, 2.75) is 12.8 Å². The van der Waals surface area contributed by atoms with Gasteiger partial charge in [0.25, 0.3) is 0 Å². The van der Waals surface area contributed by atoms with Crippen molar-refractivity contribution in [1.82, 2.24) is 0 Å². The number of nitrogens with zero attached hydrogens (tertiary/aromatic N) is 1. The Kier molecular flexibility index (Phi) is 5.11. The third kappa shape index (κ3) is 4.11. The molecular weight excluding hydrogens is 370 g/mol. The van der Waals surface area contributed by atoms with Crippen LogP contribution in [0.5, 0.6) is 5.75 Å². The van der Waals surface area contributed by atoms with Gasteiger partial charge in [-0.05, 0) is 47.9 Å². The number of methoxy groups -OCH3 is 1. The van der Waals surface area contributed by atoms with E-state index in [2.05, 4.69) is 20.9 Å². The monoisotopic (exact) mass is 385 g/mol. The summed E-state index contributed by atoms with van der Waals surface area (Å²) in [7, 11) is 1.64. The van der Waals surface area contributed by atoms with Crippen molar-refractivity contribution in [3.63, 3.8) is 0 Å². The van der Waals surface area contributed by atoms with Gasteiger partial charge in [0.2, 0.25) is 0 Å². The first kappa shape index (κ1) is 16.5. The summed E-state index contributed by atoms with van der Waals surface area (Å²) in [6, 6.07) is 15.5. The van der Waals surface area contributed by atoms with Crippen molar-refractivity contribution >= 4 is 33.9 Å². The lowest BCUT2D eigenvalue weighted by Crippen LogP contribution is -2.05. The lowest BCUT2D eigenvalue weighted by atomic mass is 10.1. The molecule has 0 amide bonds. The van der Waals surface area contributed by atoms with Crippen molar-refractivity contribution in [3.05, 3.63) is 69.8 Å². The largest absolute Gasteiger partial charge is 0.497 e. The molecule has 0 bridgehead atoms. The van der Waals surface area contributed by atoms with E-state index in [1.165, 1.54) is 0 Å². The highest BCUT2D eigenvalue weighted by Crippen LogP contribution is 2.20. The van der Waals surface area contributed by atoms with Gasteiger partial charge in [-0.2, -0.15) is 0 Å². The zero-order chi connectivity index (χ0) is 16.9. The number of carbonyl (C=O) groups is 1. The summed E-state index contributed by atoms with van der Waals surface area (Å²) in [6.45, 7) is 0. The fraction of sp³-hybridized carbons (Fsp3) is 0.158. The predicted molar refractivity (Wildman–Crippen MR) is 97.0 cm³/mol. The van der Waals surface area contributed by atoms with Crippen LogP contribution < -0.4 is 4.74 Å². The number of esters is 1. The van der Waals surface area contributed by atoms with Gasteiger partial charge in [0.05, 0.1) is 7.11 Å². The molecule has 0 atom stereocenters. The molecule has 0 spiro atoms. The molecule has 1 aliphatic heterocycles. The molecule has 4 nitrogen and oxygen atoms in total. The van der Waals surface area contributed by atoms with Crippen LogP contribution in [0.2, 0.25) is 0 Å². The molecule has 0 aromatic heterocycles. The van der Waals surface area contributed by atoms with Gasteiger partial charge in [0.15, 0.2) is 11.6 Å². The first-order valence-electron chi connectivity index (χ1n) is 7.54. The minimum absolute atomic E-state index is 0.335. The number of cyclic esters (lactones) is 1. The second kappa shape index (κ2) is 7.45. The maximum atomic E-state index is 11.9. The van der Waals surface area contributed by atoms with Crippen molar-refractivity contribution in [2.24, 2.45) is 4.99 Å². The van der Waals surface area contributed by atoms with Gasteiger partial charge in [-0.15, -0.1) is 0 Å². The number of aryl methyl sites for hydroxylation is 1. The third-order valence-corrected chi connectivity index (χ3v) is 4.15. The second-order valence-electron chi connectivity index (χ2n) is 5.32. The molecule has 0 radical (unpaired) electrons. The van der Waals surface area contributed by atoms with E-state index in [1.54, 1.807) is 13.2 Å². The smallest absolute Gasteiger partial charge is 0.363 e. The van der Waals surface area contributed by atoms with Crippen LogP contribution in [0, 0.1) is 0 Å². The van der Waals surface area contributed by atoms with Crippen LogP contribution >= 0.6 is 15.9 Å². The lowest BCUT2D eigenvalue weighted by molar-refractivity contribution is -0.130. The molecule has 0 fully saturated rings. The van der Waals surface area contributed by atoms with E-state index < -0.39 is 5.97 Å². The Balaban J connectivity index is 1.66. The summed E-state index contributed by atoms with van der Waals surface area (Å²) in [4.78, 5) is 16.2. The number of rotatable bonds is 5. The van der Waals surface area contributed by atoms with Gasteiger partial charge in [-0.25, -0.2) is 9.79 Å². The maximum absolute atomic E-state index is 11.9. The summed E-state index contributed by atoms with van der Waals surface area (Å²) in [5, 5.41) is 0. The van der Waals surface area contributed by atoms with E-state index in [-0.39, 0.29) is 0 Å². The van der Waals surface area contributed by atoms with Crippen LogP contribution in [0.1, 0.15) is 17.5 Å². The lowest BCUT2D eigenvalue weighted by Gasteiger charge is -2.03. The van der Waals surface area contributed by atoms with E-state index in [4.69, 9.17) is 9.47 Å². The van der Waals surface area contributed by atoms with Crippen molar-refractivity contribution in [1.29, 1.82) is 0 Å². The summed E-state index contributed by atoms with van der Waals surface area (Å²) in [5.41, 5.74) is 2.38. The Bertz CT molecular complexity index is 792. The maximum Gasteiger partial charge on any atom is 0.363 e. The average Bonchev–Trinajstić information content (AvgIpc) is 2.95. The Morgan fingerprint density at radius 1 is 1.08 bits per heavy atom. The van der Waals surface area contributed by atoms with Crippen LogP contribution in [-0.2, 0) is 16.0 Å². The molecule has 0 saturated heterocycles. The summed E-state index contributed by atoms with van der Waals surface area (Å²) in [6.07, 6.45) is 3.06. The van der Waals surface area contributed by atoms with Crippen molar-refractivity contribution in [2.75, 3.05) is 7.11 Å².